The van der Waals surface area contributed by atoms with Crippen molar-refractivity contribution in [2.75, 3.05) is 100 Å². The van der Waals surface area contributed by atoms with Gasteiger partial charge in [-0.25, -0.2) is 18.7 Å². The predicted octanol–water partition coefficient (Wildman–Crippen LogP) is 5.27. The first kappa shape index (κ1) is 57.7. The number of fused-ring (bicyclic) bond motifs is 1. The number of halogens is 2. The smallest absolute Gasteiger partial charge is 0.249 e. The quantitative estimate of drug-likeness (QED) is 0.0636. The van der Waals surface area contributed by atoms with Crippen LogP contribution in [0.4, 0.5) is 26.1 Å². The summed E-state index contributed by atoms with van der Waals surface area (Å²) in [4.78, 5) is 69.5. The highest BCUT2D eigenvalue weighted by Crippen LogP contribution is 2.40. The van der Waals surface area contributed by atoms with Crippen molar-refractivity contribution in [3.63, 3.8) is 0 Å². The molecule has 6 atom stereocenters. The lowest BCUT2D eigenvalue weighted by atomic mass is 9.82. The number of aromatic nitrogens is 2. The molecule has 3 aromatic rings. The van der Waals surface area contributed by atoms with Crippen LogP contribution in [0.5, 0.6) is 0 Å². The summed E-state index contributed by atoms with van der Waals surface area (Å²) >= 11 is 0. The van der Waals surface area contributed by atoms with E-state index in [0.29, 0.717) is 101 Å². The van der Waals surface area contributed by atoms with Crippen LogP contribution in [0, 0.1) is 40.7 Å². The second kappa shape index (κ2) is 26.4. The number of benzene rings is 2. The summed E-state index contributed by atoms with van der Waals surface area (Å²) in [5, 5.41) is 26.1. The molecule has 5 heterocycles. The summed E-state index contributed by atoms with van der Waals surface area (Å²) in [5.41, 5.74) is 1.19. The van der Waals surface area contributed by atoms with E-state index in [0.717, 1.165) is 76.2 Å². The van der Waals surface area contributed by atoms with E-state index in [1.54, 1.807) is 4.90 Å². The molecular weight excluding hydrogens is 985 g/mol. The number of carbonyl (C=O) groups is 4. The van der Waals surface area contributed by atoms with Gasteiger partial charge in [-0.05, 0) is 125 Å². The molecule has 1 spiro atoms. The second-order valence-electron chi connectivity index (χ2n) is 24.0. The molecule has 17 nitrogen and oxygen atoms in total. The molecule has 2 aromatic carbocycles. The van der Waals surface area contributed by atoms with Crippen LogP contribution < -0.4 is 36.4 Å². The number of rotatable bonds is 24. The molecule has 4 aliphatic heterocycles. The predicted molar refractivity (Wildman–Crippen MR) is 294 cm³/mol. The van der Waals surface area contributed by atoms with Gasteiger partial charge in [0.05, 0.1) is 23.9 Å². The van der Waals surface area contributed by atoms with E-state index in [4.69, 9.17) is 4.74 Å². The molecule has 5 aliphatic rings. The fraction of sp³-hybridized carbons (Fsp3) is 0.655. The molecule has 1 aliphatic carbocycles. The van der Waals surface area contributed by atoms with Crippen molar-refractivity contribution < 1.29 is 37.8 Å². The van der Waals surface area contributed by atoms with Crippen molar-refractivity contribution in [3.05, 3.63) is 77.6 Å². The topological polar surface area (TPSA) is 197 Å². The zero-order valence-corrected chi connectivity index (χ0v) is 46.1. The van der Waals surface area contributed by atoms with E-state index in [2.05, 4.69) is 65.1 Å². The number of ether oxygens (including phenoxy) is 1. The summed E-state index contributed by atoms with van der Waals surface area (Å²) in [7, 11) is 0. The first-order valence-corrected chi connectivity index (χ1v) is 28.4. The van der Waals surface area contributed by atoms with Gasteiger partial charge in [0, 0.05) is 76.6 Å². The number of hydrogen-bond acceptors (Lipinski definition) is 13. The minimum Gasteiger partial charge on any atom is -0.383 e. The molecule has 77 heavy (non-hydrogen) atoms. The zero-order valence-electron chi connectivity index (χ0n) is 46.1. The first-order valence-electron chi connectivity index (χ1n) is 28.4. The lowest BCUT2D eigenvalue weighted by Gasteiger charge is -2.48. The van der Waals surface area contributed by atoms with E-state index in [-0.39, 0.29) is 59.9 Å². The number of piperazine rings is 1. The highest BCUT2D eigenvalue weighted by atomic mass is 19.1. The number of anilines is 3. The molecule has 422 valence electrons. The van der Waals surface area contributed by atoms with Crippen LogP contribution in [0.1, 0.15) is 104 Å². The lowest BCUT2D eigenvalue weighted by molar-refractivity contribution is -0.136. The van der Waals surface area contributed by atoms with Gasteiger partial charge in [-0.3, -0.25) is 24.1 Å². The Bertz CT molecular complexity index is 2440. The average Bonchev–Trinajstić information content (AvgIpc) is 3.97. The molecule has 1 aromatic heterocycles. The number of nitrogens with zero attached hydrogens (tertiary/aromatic N) is 6. The van der Waals surface area contributed by atoms with Crippen LogP contribution in [0.25, 0.3) is 0 Å². The van der Waals surface area contributed by atoms with Gasteiger partial charge in [-0.2, -0.15) is 0 Å². The fourth-order valence-corrected chi connectivity index (χ4v) is 12.1. The van der Waals surface area contributed by atoms with Gasteiger partial charge in [0.1, 0.15) is 48.4 Å². The third-order valence-corrected chi connectivity index (χ3v) is 16.7. The Hall–Kier alpha value is -5.50. The van der Waals surface area contributed by atoms with Crippen LogP contribution in [0.3, 0.4) is 0 Å². The SMILES string of the molecule is CC(C)C[C@H](NC(=O)[C@@H](O)[C@H](C)Cc1ccccc1)C(=O)NCCCN1C[C@H]2CC(OCC(=O)NCCCNc3cc(N4CCC5(CC4)CN(c4cc(F)c(CN6CCC(C)(C)CC6)cc4F)CC(=O)N5)ncn3)C[C@H]2C1. The van der Waals surface area contributed by atoms with E-state index in [9.17, 15) is 24.3 Å². The van der Waals surface area contributed by atoms with Gasteiger partial charge < -0.3 is 51.1 Å². The van der Waals surface area contributed by atoms with Gasteiger partial charge >= 0.3 is 0 Å². The summed E-state index contributed by atoms with van der Waals surface area (Å²) in [6.45, 7) is 18.4. The molecule has 5 fully saturated rings. The number of likely N-dealkylation sites (tertiary alicyclic amines) is 2. The minimum atomic E-state index is -1.22. The van der Waals surface area contributed by atoms with Crippen LogP contribution in [0.15, 0.2) is 54.9 Å². The fourth-order valence-electron chi connectivity index (χ4n) is 12.1. The second-order valence-corrected chi connectivity index (χ2v) is 24.0. The third kappa shape index (κ3) is 16.3. The Balaban J connectivity index is 0.676. The van der Waals surface area contributed by atoms with E-state index >= 15 is 8.78 Å². The Morgan fingerprint density at radius 2 is 1.56 bits per heavy atom. The number of aliphatic hydroxyl groups excluding tert-OH is 1. The molecular formula is C58H85F2N11O6. The van der Waals surface area contributed by atoms with Crippen molar-refractivity contribution in [1.82, 2.24) is 41.0 Å². The monoisotopic (exact) mass is 1070 g/mol. The highest BCUT2D eigenvalue weighted by molar-refractivity contribution is 5.89. The molecule has 0 bridgehead atoms. The number of aliphatic hydroxyl groups is 1. The highest BCUT2D eigenvalue weighted by Gasteiger charge is 2.43. The van der Waals surface area contributed by atoms with E-state index in [1.165, 1.54) is 18.5 Å². The Labute approximate surface area is 454 Å². The number of nitrogens with one attached hydrogen (secondary N) is 5. The summed E-state index contributed by atoms with van der Waals surface area (Å²) in [5.74, 6) is 0.277. The van der Waals surface area contributed by atoms with Crippen molar-refractivity contribution in [1.29, 1.82) is 0 Å². The molecule has 4 saturated heterocycles. The van der Waals surface area contributed by atoms with Crippen LogP contribution in [-0.4, -0.2) is 157 Å². The number of carbonyl (C=O) groups excluding carboxylic acids is 4. The van der Waals surface area contributed by atoms with Gasteiger partial charge in [-0.1, -0.05) is 65.0 Å². The minimum absolute atomic E-state index is 0.0272. The molecule has 1 unspecified atom stereocenters. The molecule has 19 heteroatoms. The Morgan fingerprint density at radius 1 is 0.844 bits per heavy atom. The molecule has 1 saturated carbocycles. The maximum Gasteiger partial charge on any atom is 0.249 e. The van der Waals surface area contributed by atoms with Crippen molar-refractivity contribution in [2.45, 2.75) is 129 Å². The maximum atomic E-state index is 15.7. The summed E-state index contributed by atoms with van der Waals surface area (Å²) < 4.78 is 37.3. The Kier molecular flexibility index (Phi) is 19.8. The molecule has 0 radical (unpaired) electrons. The summed E-state index contributed by atoms with van der Waals surface area (Å²) in [6, 6.07) is 13.5. The number of piperidine rings is 2. The van der Waals surface area contributed by atoms with Gasteiger partial charge in [0.25, 0.3) is 0 Å². The van der Waals surface area contributed by atoms with Crippen molar-refractivity contribution in [3.8, 4) is 0 Å². The standard InChI is InChI=1S/C58H85F2N11O6/c1-39(2)25-48(66-56(76)54(74)40(3)26-41-11-7-6-8-12-41)55(75)63-19-10-20-69-32-42-27-45(28-43(42)33-69)77-36-53(73)62-18-9-17-61-50-31-51(65-38-64-50)70-23-15-58(16-24-70)37-71(35-52(72)67-58)49-30-46(59)44(29-47(49)60)34-68-21-13-57(4,5)14-22-68/h6-8,11-12,29-31,38-40,42-43,45,48,54,74H,9-10,13-28,32-37H2,1-5H3,(H,62,73)(H,63,75)(H,66,76)(H,67,72)(H,61,64,65)/t40-,42-,43+,45?,48+,54+/m1/s1. The lowest BCUT2D eigenvalue weighted by Crippen LogP contribution is -2.66. The van der Waals surface area contributed by atoms with Crippen LogP contribution in [-0.2, 0) is 36.9 Å². The van der Waals surface area contributed by atoms with Crippen molar-refractivity contribution >= 4 is 41.0 Å². The molecule has 4 amide bonds. The number of hydrogen-bond donors (Lipinski definition) is 6. The average molecular weight is 1070 g/mol. The maximum absolute atomic E-state index is 15.7. The van der Waals surface area contributed by atoms with Crippen molar-refractivity contribution in [2.24, 2.45) is 29.1 Å². The van der Waals surface area contributed by atoms with Crippen LogP contribution >= 0.6 is 0 Å². The Morgan fingerprint density at radius 3 is 2.27 bits per heavy atom. The van der Waals surface area contributed by atoms with Gasteiger partial charge in [0.2, 0.25) is 23.6 Å². The van der Waals surface area contributed by atoms with Gasteiger partial charge in [0.15, 0.2) is 0 Å². The third-order valence-electron chi connectivity index (χ3n) is 16.7. The van der Waals surface area contributed by atoms with Gasteiger partial charge in [-0.15, -0.1) is 0 Å². The number of amides is 4. The van der Waals surface area contributed by atoms with Crippen LogP contribution in [0.2, 0.25) is 0 Å². The molecule has 8 rings (SSSR count). The largest absolute Gasteiger partial charge is 0.383 e. The van der Waals surface area contributed by atoms with E-state index in [1.807, 2.05) is 57.2 Å². The first-order chi connectivity index (χ1) is 36.9. The zero-order chi connectivity index (χ0) is 54.7. The molecule has 6 N–H and O–H groups in total. The summed E-state index contributed by atoms with van der Waals surface area (Å²) in [6.07, 6.45) is 7.96. The van der Waals surface area contributed by atoms with E-state index < -0.39 is 35.2 Å². The normalized spacial score (nSPS) is 22.6.